The second-order valence-electron chi connectivity index (χ2n) is 4.65. The van der Waals surface area contributed by atoms with Gasteiger partial charge in [0.25, 0.3) is 0 Å². The van der Waals surface area contributed by atoms with Crippen LogP contribution in [0.25, 0.3) is 0 Å². The first kappa shape index (κ1) is 11.3. The molecule has 0 saturated heterocycles. The first-order chi connectivity index (χ1) is 7.86. The average molecular weight is 216 g/mol. The Morgan fingerprint density at radius 2 is 1.94 bits per heavy atom. The largest absolute Gasteiger partial charge is 0.383 e. The summed E-state index contributed by atoms with van der Waals surface area (Å²) in [5.41, 5.74) is 5.18. The van der Waals surface area contributed by atoms with Gasteiger partial charge in [-0.25, -0.2) is 0 Å². The first-order valence-electron chi connectivity index (χ1n) is 6.45. The van der Waals surface area contributed by atoms with Crippen LogP contribution in [0.5, 0.6) is 0 Å². The summed E-state index contributed by atoms with van der Waals surface area (Å²) in [6.45, 7) is 2.92. The van der Waals surface area contributed by atoms with Crippen LogP contribution in [0.1, 0.15) is 51.9 Å². The summed E-state index contributed by atoms with van der Waals surface area (Å²) in [4.78, 5) is 0. The molecule has 0 aromatic carbocycles. The van der Waals surface area contributed by atoms with E-state index in [4.69, 9.17) is 5.26 Å². The van der Waals surface area contributed by atoms with Crippen molar-refractivity contribution in [3.63, 3.8) is 0 Å². The first-order valence-corrected chi connectivity index (χ1v) is 6.45. The second-order valence-corrected chi connectivity index (χ2v) is 4.65. The zero-order valence-corrected chi connectivity index (χ0v) is 10.1. The molecule has 0 aromatic heterocycles. The molecule has 0 spiro atoms. The third-order valence-corrected chi connectivity index (χ3v) is 3.66. The van der Waals surface area contributed by atoms with Crippen molar-refractivity contribution in [2.75, 3.05) is 6.54 Å². The van der Waals surface area contributed by atoms with Gasteiger partial charge in [-0.3, -0.25) is 0 Å². The normalized spacial score (nSPS) is 21.8. The second kappa shape index (κ2) is 5.21. The van der Waals surface area contributed by atoms with Crippen molar-refractivity contribution in [3.05, 3.63) is 22.4 Å². The maximum atomic E-state index is 9.14. The van der Waals surface area contributed by atoms with Crippen LogP contribution in [-0.2, 0) is 0 Å². The summed E-state index contributed by atoms with van der Waals surface area (Å²) in [6, 6.07) is 2.36. The molecule has 0 fully saturated rings. The smallest absolute Gasteiger partial charge is 0.0969 e. The van der Waals surface area contributed by atoms with Gasteiger partial charge < -0.3 is 5.32 Å². The average Bonchev–Trinajstić information content (AvgIpc) is 2.28. The van der Waals surface area contributed by atoms with Gasteiger partial charge in [-0.15, -0.1) is 0 Å². The number of allylic oxidation sites excluding steroid dienone is 3. The Balaban J connectivity index is 2.34. The molecule has 2 aliphatic rings. The van der Waals surface area contributed by atoms with Crippen molar-refractivity contribution < 1.29 is 0 Å². The van der Waals surface area contributed by atoms with Gasteiger partial charge in [-0.05, 0) is 43.3 Å². The molecule has 0 atom stereocenters. The minimum Gasteiger partial charge on any atom is -0.383 e. The molecule has 0 unspecified atom stereocenters. The Bertz CT molecular complexity index is 369. The van der Waals surface area contributed by atoms with E-state index in [2.05, 4.69) is 18.3 Å². The molecule has 2 heteroatoms. The van der Waals surface area contributed by atoms with Crippen LogP contribution in [0.2, 0.25) is 0 Å². The van der Waals surface area contributed by atoms with Crippen molar-refractivity contribution in [2.24, 2.45) is 0 Å². The molecule has 0 saturated carbocycles. The van der Waals surface area contributed by atoms with E-state index in [-0.39, 0.29) is 0 Å². The minimum atomic E-state index is 0.749. The van der Waals surface area contributed by atoms with E-state index in [9.17, 15) is 0 Å². The highest BCUT2D eigenvalue weighted by Gasteiger charge is 2.20. The van der Waals surface area contributed by atoms with E-state index in [0.29, 0.717) is 0 Å². The topological polar surface area (TPSA) is 35.8 Å². The van der Waals surface area contributed by atoms with Gasteiger partial charge in [-0.1, -0.05) is 19.8 Å². The minimum absolute atomic E-state index is 0.749. The molecule has 16 heavy (non-hydrogen) atoms. The van der Waals surface area contributed by atoms with Gasteiger partial charge in [0.2, 0.25) is 0 Å². The molecule has 0 amide bonds. The van der Waals surface area contributed by atoms with Crippen LogP contribution >= 0.6 is 0 Å². The van der Waals surface area contributed by atoms with E-state index < -0.39 is 0 Å². The van der Waals surface area contributed by atoms with E-state index in [1.807, 2.05) is 0 Å². The SMILES string of the molecule is CCC1=C(C#N)CNC2=C1CCCCCC2. The zero-order chi connectivity index (χ0) is 11.4. The monoisotopic (exact) mass is 216 g/mol. The Morgan fingerprint density at radius 1 is 1.19 bits per heavy atom. The van der Waals surface area contributed by atoms with Gasteiger partial charge >= 0.3 is 0 Å². The molecule has 0 bridgehead atoms. The third-order valence-electron chi connectivity index (χ3n) is 3.66. The van der Waals surface area contributed by atoms with Crippen LogP contribution in [0, 0.1) is 11.3 Å². The maximum absolute atomic E-state index is 9.14. The molecular formula is C14H20N2. The van der Waals surface area contributed by atoms with E-state index in [0.717, 1.165) is 25.0 Å². The summed E-state index contributed by atoms with van der Waals surface area (Å²) in [5, 5.41) is 12.6. The molecule has 1 N–H and O–H groups in total. The van der Waals surface area contributed by atoms with Crippen molar-refractivity contribution in [2.45, 2.75) is 51.9 Å². The lowest BCUT2D eigenvalue weighted by Crippen LogP contribution is -2.25. The molecule has 0 aromatic rings. The van der Waals surface area contributed by atoms with Gasteiger partial charge in [0.1, 0.15) is 0 Å². The quantitative estimate of drug-likeness (QED) is 0.729. The van der Waals surface area contributed by atoms with Gasteiger partial charge in [0, 0.05) is 5.70 Å². The van der Waals surface area contributed by atoms with Crippen LogP contribution in [0.4, 0.5) is 0 Å². The highest BCUT2D eigenvalue weighted by atomic mass is 14.9. The van der Waals surface area contributed by atoms with Crippen LogP contribution in [-0.4, -0.2) is 6.54 Å². The molecular weight excluding hydrogens is 196 g/mol. The Hall–Kier alpha value is -1.23. The van der Waals surface area contributed by atoms with Crippen LogP contribution in [0.3, 0.4) is 0 Å². The summed E-state index contributed by atoms with van der Waals surface area (Å²) in [7, 11) is 0. The molecule has 86 valence electrons. The Kier molecular flexibility index (Phi) is 3.66. The van der Waals surface area contributed by atoms with Crippen LogP contribution in [0.15, 0.2) is 22.4 Å². The van der Waals surface area contributed by atoms with E-state index >= 15 is 0 Å². The highest BCUT2D eigenvalue weighted by Crippen LogP contribution is 2.32. The van der Waals surface area contributed by atoms with Gasteiger partial charge in [0.05, 0.1) is 18.2 Å². The summed E-state index contributed by atoms with van der Waals surface area (Å²) >= 11 is 0. The number of hydrogen-bond donors (Lipinski definition) is 1. The highest BCUT2D eigenvalue weighted by molar-refractivity contribution is 5.47. The van der Waals surface area contributed by atoms with Crippen molar-refractivity contribution in [1.82, 2.24) is 5.32 Å². The lowest BCUT2D eigenvalue weighted by Gasteiger charge is -2.26. The summed E-state index contributed by atoms with van der Waals surface area (Å²) in [5.74, 6) is 0. The zero-order valence-electron chi connectivity index (χ0n) is 10.1. The fourth-order valence-electron chi connectivity index (χ4n) is 2.80. The standard InChI is InChI=1S/C14H20N2/c1-2-12-11(9-15)10-16-14-8-6-4-3-5-7-13(12)14/h16H,2-8,10H2,1H3. The van der Waals surface area contributed by atoms with Crippen molar-refractivity contribution in [3.8, 4) is 6.07 Å². The maximum Gasteiger partial charge on any atom is 0.0969 e. The molecule has 1 aliphatic carbocycles. The number of rotatable bonds is 1. The fraction of sp³-hybridized carbons (Fsp3) is 0.643. The van der Waals surface area contributed by atoms with E-state index in [1.165, 1.54) is 48.9 Å². The summed E-state index contributed by atoms with van der Waals surface area (Å²) < 4.78 is 0. The van der Waals surface area contributed by atoms with E-state index in [1.54, 1.807) is 0 Å². The predicted octanol–water partition coefficient (Wildman–Crippen LogP) is 3.43. The van der Waals surface area contributed by atoms with Crippen molar-refractivity contribution in [1.29, 1.82) is 5.26 Å². The number of hydrogen-bond acceptors (Lipinski definition) is 2. The molecule has 1 aliphatic heterocycles. The number of dihydropyridines is 1. The predicted molar refractivity (Wildman–Crippen MR) is 65.7 cm³/mol. The molecule has 2 rings (SSSR count). The Labute approximate surface area is 98.0 Å². The van der Waals surface area contributed by atoms with Crippen LogP contribution < -0.4 is 5.32 Å². The van der Waals surface area contributed by atoms with Crippen molar-refractivity contribution >= 4 is 0 Å². The van der Waals surface area contributed by atoms with Gasteiger partial charge in [-0.2, -0.15) is 5.26 Å². The lowest BCUT2D eigenvalue weighted by atomic mass is 9.86. The number of nitrogens with one attached hydrogen (secondary N) is 1. The molecule has 2 nitrogen and oxygen atoms in total. The Morgan fingerprint density at radius 3 is 2.62 bits per heavy atom. The lowest BCUT2D eigenvalue weighted by molar-refractivity contribution is 0.583. The number of nitrogens with zero attached hydrogens (tertiary/aromatic N) is 1. The van der Waals surface area contributed by atoms with Gasteiger partial charge in [0.15, 0.2) is 0 Å². The fourth-order valence-corrected chi connectivity index (χ4v) is 2.80. The number of nitriles is 1. The third kappa shape index (κ3) is 2.14. The molecule has 1 heterocycles. The molecule has 0 radical (unpaired) electrons. The summed E-state index contributed by atoms with van der Waals surface area (Å²) in [6.07, 6.45) is 8.62.